The highest BCUT2D eigenvalue weighted by Crippen LogP contribution is 2.12. The van der Waals surface area contributed by atoms with Crippen LogP contribution in [0.1, 0.15) is 26.2 Å². The maximum absolute atomic E-state index is 11.7. The highest BCUT2D eigenvalue weighted by atomic mass is 35.5. The number of morpholine rings is 1. The molecule has 14 heavy (non-hydrogen) atoms. The van der Waals surface area contributed by atoms with Crippen molar-refractivity contribution in [3.63, 3.8) is 0 Å². The van der Waals surface area contributed by atoms with Crippen molar-refractivity contribution in [2.24, 2.45) is 0 Å². The standard InChI is InChI=1S/C10H18ClNO2/c1-2-3-4-9(11)10(13)12-5-7-14-8-6-12/h9H,2-8H2,1H3. The lowest BCUT2D eigenvalue weighted by Crippen LogP contribution is -2.44. The third kappa shape index (κ3) is 3.46. The molecular formula is C10H18ClNO2. The van der Waals surface area contributed by atoms with E-state index in [2.05, 4.69) is 6.92 Å². The van der Waals surface area contributed by atoms with Gasteiger partial charge in [-0.05, 0) is 6.42 Å². The van der Waals surface area contributed by atoms with Crippen LogP contribution in [0.5, 0.6) is 0 Å². The van der Waals surface area contributed by atoms with Crippen LogP contribution in [0.25, 0.3) is 0 Å². The number of carbonyl (C=O) groups is 1. The molecule has 1 aliphatic rings. The molecule has 0 aliphatic carbocycles. The van der Waals surface area contributed by atoms with Gasteiger partial charge >= 0.3 is 0 Å². The number of unbranched alkanes of at least 4 members (excludes halogenated alkanes) is 1. The van der Waals surface area contributed by atoms with Crippen LogP contribution in [0.3, 0.4) is 0 Å². The second kappa shape index (κ2) is 6.25. The monoisotopic (exact) mass is 219 g/mol. The number of rotatable bonds is 4. The Hall–Kier alpha value is -0.280. The van der Waals surface area contributed by atoms with Crippen molar-refractivity contribution in [1.29, 1.82) is 0 Å². The van der Waals surface area contributed by atoms with Crippen molar-refractivity contribution in [1.82, 2.24) is 4.90 Å². The van der Waals surface area contributed by atoms with Crippen LogP contribution in [0.2, 0.25) is 0 Å². The van der Waals surface area contributed by atoms with Gasteiger partial charge in [-0.2, -0.15) is 0 Å². The number of ether oxygens (including phenoxy) is 1. The van der Waals surface area contributed by atoms with Gasteiger partial charge in [0.2, 0.25) is 5.91 Å². The highest BCUT2D eigenvalue weighted by Gasteiger charge is 2.23. The number of alkyl halides is 1. The molecule has 1 heterocycles. The molecule has 0 bridgehead atoms. The van der Waals surface area contributed by atoms with Gasteiger partial charge in [-0.1, -0.05) is 19.8 Å². The van der Waals surface area contributed by atoms with Gasteiger partial charge in [-0.3, -0.25) is 4.79 Å². The molecule has 0 saturated carbocycles. The molecule has 0 aromatic heterocycles. The summed E-state index contributed by atoms with van der Waals surface area (Å²) in [5, 5.41) is -0.340. The first kappa shape index (κ1) is 11.8. The highest BCUT2D eigenvalue weighted by molar-refractivity contribution is 6.30. The summed E-state index contributed by atoms with van der Waals surface area (Å²) in [6, 6.07) is 0. The number of nitrogens with zero attached hydrogens (tertiary/aromatic N) is 1. The molecule has 0 aromatic carbocycles. The SMILES string of the molecule is CCCCC(Cl)C(=O)N1CCOCC1. The van der Waals surface area contributed by atoms with Crippen LogP contribution < -0.4 is 0 Å². The van der Waals surface area contributed by atoms with Crippen molar-refractivity contribution in [3.8, 4) is 0 Å². The molecule has 4 heteroatoms. The van der Waals surface area contributed by atoms with Crippen LogP contribution in [0.4, 0.5) is 0 Å². The molecule has 1 saturated heterocycles. The molecule has 0 N–H and O–H groups in total. The Morgan fingerprint density at radius 3 is 2.71 bits per heavy atom. The number of amides is 1. The van der Waals surface area contributed by atoms with Crippen molar-refractivity contribution in [2.45, 2.75) is 31.6 Å². The topological polar surface area (TPSA) is 29.5 Å². The zero-order valence-corrected chi connectivity index (χ0v) is 9.42. The third-order valence-electron chi connectivity index (χ3n) is 2.40. The van der Waals surface area contributed by atoms with E-state index >= 15 is 0 Å². The van der Waals surface area contributed by atoms with E-state index in [0.717, 1.165) is 19.3 Å². The smallest absolute Gasteiger partial charge is 0.240 e. The van der Waals surface area contributed by atoms with E-state index in [-0.39, 0.29) is 11.3 Å². The summed E-state index contributed by atoms with van der Waals surface area (Å²) in [4.78, 5) is 13.5. The summed E-state index contributed by atoms with van der Waals surface area (Å²) in [6.45, 7) is 4.76. The lowest BCUT2D eigenvalue weighted by atomic mass is 10.2. The van der Waals surface area contributed by atoms with E-state index in [4.69, 9.17) is 16.3 Å². The van der Waals surface area contributed by atoms with Crippen LogP contribution >= 0.6 is 11.6 Å². The summed E-state index contributed by atoms with van der Waals surface area (Å²) < 4.78 is 5.17. The molecule has 0 spiro atoms. The van der Waals surface area contributed by atoms with E-state index in [9.17, 15) is 4.79 Å². The van der Waals surface area contributed by atoms with Gasteiger partial charge in [0.1, 0.15) is 5.38 Å². The van der Waals surface area contributed by atoms with E-state index in [1.165, 1.54) is 0 Å². The molecule has 1 fully saturated rings. The minimum Gasteiger partial charge on any atom is -0.378 e. The van der Waals surface area contributed by atoms with E-state index in [0.29, 0.717) is 26.3 Å². The van der Waals surface area contributed by atoms with Crippen LogP contribution in [0, 0.1) is 0 Å². The molecule has 1 rings (SSSR count). The zero-order chi connectivity index (χ0) is 10.4. The minimum absolute atomic E-state index is 0.0726. The van der Waals surface area contributed by atoms with E-state index in [1.54, 1.807) is 4.90 Å². The van der Waals surface area contributed by atoms with Crippen molar-refractivity contribution >= 4 is 17.5 Å². The minimum atomic E-state index is -0.340. The molecule has 0 aromatic rings. The molecular weight excluding hydrogens is 202 g/mol. The maximum Gasteiger partial charge on any atom is 0.240 e. The number of hydrogen-bond donors (Lipinski definition) is 0. The molecule has 3 nitrogen and oxygen atoms in total. The van der Waals surface area contributed by atoms with Gasteiger partial charge in [-0.25, -0.2) is 0 Å². The Balaban J connectivity index is 2.30. The Kier molecular flexibility index (Phi) is 5.26. The van der Waals surface area contributed by atoms with Crippen molar-refractivity contribution < 1.29 is 9.53 Å². The molecule has 1 amide bonds. The fourth-order valence-electron chi connectivity index (χ4n) is 1.49. The number of halogens is 1. The fourth-order valence-corrected chi connectivity index (χ4v) is 1.78. The third-order valence-corrected chi connectivity index (χ3v) is 2.81. The first-order valence-electron chi connectivity index (χ1n) is 5.26. The van der Waals surface area contributed by atoms with Gasteiger partial charge in [0, 0.05) is 13.1 Å². The average molecular weight is 220 g/mol. The normalized spacial score (nSPS) is 19.4. The Morgan fingerprint density at radius 1 is 1.50 bits per heavy atom. The average Bonchev–Trinajstić information content (AvgIpc) is 2.26. The van der Waals surface area contributed by atoms with Gasteiger partial charge in [0.25, 0.3) is 0 Å². The zero-order valence-electron chi connectivity index (χ0n) is 8.67. The summed E-state index contributed by atoms with van der Waals surface area (Å²) in [7, 11) is 0. The second-order valence-corrected chi connectivity index (χ2v) is 4.07. The Labute approximate surface area is 90.4 Å². The van der Waals surface area contributed by atoms with E-state index < -0.39 is 0 Å². The largest absolute Gasteiger partial charge is 0.378 e. The van der Waals surface area contributed by atoms with E-state index in [1.807, 2.05) is 0 Å². The lowest BCUT2D eigenvalue weighted by Gasteiger charge is -2.28. The summed E-state index contributed by atoms with van der Waals surface area (Å²) in [5.74, 6) is 0.0726. The van der Waals surface area contributed by atoms with Gasteiger partial charge in [-0.15, -0.1) is 11.6 Å². The fraction of sp³-hybridized carbons (Fsp3) is 0.900. The number of carbonyl (C=O) groups excluding carboxylic acids is 1. The molecule has 1 atom stereocenters. The predicted molar refractivity (Wildman–Crippen MR) is 56.6 cm³/mol. The van der Waals surface area contributed by atoms with Crippen molar-refractivity contribution in [3.05, 3.63) is 0 Å². The first-order chi connectivity index (χ1) is 6.75. The molecule has 82 valence electrons. The summed E-state index contributed by atoms with van der Waals surface area (Å²) in [6.07, 6.45) is 2.89. The second-order valence-electron chi connectivity index (χ2n) is 3.55. The lowest BCUT2D eigenvalue weighted by molar-refractivity contribution is -0.134. The summed E-state index contributed by atoms with van der Waals surface area (Å²) in [5.41, 5.74) is 0. The first-order valence-corrected chi connectivity index (χ1v) is 5.70. The molecule has 1 unspecified atom stereocenters. The molecule has 0 radical (unpaired) electrons. The Morgan fingerprint density at radius 2 is 2.14 bits per heavy atom. The number of hydrogen-bond acceptors (Lipinski definition) is 2. The quantitative estimate of drug-likeness (QED) is 0.673. The van der Waals surface area contributed by atoms with Gasteiger partial charge < -0.3 is 9.64 Å². The van der Waals surface area contributed by atoms with Crippen LogP contribution in [-0.4, -0.2) is 42.5 Å². The molecule has 1 aliphatic heterocycles. The van der Waals surface area contributed by atoms with Crippen molar-refractivity contribution in [2.75, 3.05) is 26.3 Å². The maximum atomic E-state index is 11.7. The van der Waals surface area contributed by atoms with Crippen LogP contribution in [0.15, 0.2) is 0 Å². The van der Waals surface area contributed by atoms with Gasteiger partial charge in [0.15, 0.2) is 0 Å². The van der Waals surface area contributed by atoms with Gasteiger partial charge in [0.05, 0.1) is 13.2 Å². The van der Waals surface area contributed by atoms with Crippen LogP contribution in [-0.2, 0) is 9.53 Å². The Bertz CT molecular complexity index is 181. The predicted octanol–water partition coefficient (Wildman–Crippen LogP) is 1.64. The summed E-state index contributed by atoms with van der Waals surface area (Å²) >= 11 is 6.01.